The number of nitriles is 1. The van der Waals surface area contributed by atoms with E-state index >= 15 is 0 Å². The molecule has 0 aliphatic carbocycles. The molecule has 0 radical (unpaired) electrons. The van der Waals surface area contributed by atoms with Gasteiger partial charge in [-0.3, -0.25) is 0 Å². The minimum absolute atomic E-state index is 0.378. The van der Waals surface area contributed by atoms with E-state index in [-0.39, 0.29) is 0 Å². The largest absolute Gasteiger partial charge is 0.456 e. The predicted molar refractivity (Wildman–Crippen MR) is 65.0 cm³/mol. The number of pyridine rings is 1. The van der Waals surface area contributed by atoms with Crippen molar-refractivity contribution in [3.63, 3.8) is 0 Å². The standard InChI is InChI=1S/C13H11N3O/c1-15-10-2-5-12(6-3-10)17-13-7-4-11(8-14)16-9-13/h2-7,9,15H,1H3. The Balaban J connectivity index is 2.11. The Kier molecular flexibility index (Phi) is 3.22. The second-order valence-electron chi connectivity index (χ2n) is 3.37. The predicted octanol–water partition coefficient (Wildman–Crippen LogP) is 2.79. The molecule has 4 nitrogen and oxygen atoms in total. The molecule has 0 amide bonds. The molecule has 1 N–H and O–H groups in total. The summed E-state index contributed by atoms with van der Waals surface area (Å²) < 4.78 is 5.58. The average molecular weight is 225 g/mol. The van der Waals surface area contributed by atoms with Crippen LogP contribution in [0.4, 0.5) is 5.69 Å². The molecule has 0 atom stereocenters. The highest BCUT2D eigenvalue weighted by Gasteiger charge is 1.98. The SMILES string of the molecule is CNc1ccc(Oc2ccc(C#N)nc2)cc1. The van der Waals surface area contributed by atoms with Gasteiger partial charge < -0.3 is 10.1 Å². The van der Waals surface area contributed by atoms with Gasteiger partial charge in [0.25, 0.3) is 0 Å². The lowest BCUT2D eigenvalue weighted by molar-refractivity contribution is 0.480. The van der Waals surface area contributed by atoms with Gasteiger partial charge in [-0.1, -0.05) is 0 Å². The molecule has 4 heteroatoms. The number of hydrogen-bond acceptors (Lipinski definition) is 4. The van der Waals surface area contributed by atoms with E-state index in [1.807, 2.05) is 37.4 Å². The molecule has 0 bridgehead atoms. The van der Waals surface area contributed by atoms with Crippen molar-refractivity contribution in [2.75, 3.05) is 12.4 Å². The topological polar surface area (TPSA) is 57.9 Å². The summed E-state index contributed by atoms with van der Waals surface area (Å²) in [6.07, 6.45) is 1.53. The zero-order valence-corrected chi connectivity index (χ0v) is 9.34. The second kappa shape index (κ2) is 4.99. The van der Waals surface area contributed by atoms with Crippen LogP contribution in [0.2, 0.25) is 0 Å². The molecule has 0 aliphatic rings. The summed E-state index contributed by atoms with van der Waals surface area (Å²) in [5.41, 5.74) is 1.40. The molecule has 0 saturated carbocycles. The van der Waals surface area contributed by atoms with E-state index < -0.39 is 0 Å². The summed E-state index contributed by atoms with van der Waals surface area (Å²) in [6.45, 7) is 0. The van der Waals surface area contributed by atoms with Gasteiger partial charge in [0.2, 0.25) is 0 Å². The van der Waals surface area contributed by atoms with E-state index in [0.29, 0.717) is 11.4 Å². The monoisotopic (exact) mass is 225 g/mol. The van der Waals surface area contributed by atoms with Gasteiger partial charge in [-0.15, -0.1) is 0 Å². The molecule has 0 unspecified atom stereocenters. The maximum Gasteiger partial charge on any atom is 0.145 e. The van der Waals surface area contributed by atoms with Gasteiger partial charge in [0.05, 0.1) is 6.20 Å². The molecule has 0 spiro atoms. The molecule has 17 heavy (non-hydrogen) atoms. The third-order valence-electron chi connectivity index (χ3n) is 2.23. The summed E-state index contributed by atoms with van der Waals surface area (Å²) in [6, 6.07) is 12.9. The fourth-order valence-electron chi connectivity index (χ4n) is 1.33. The van der Waals surface area contributed by atoms with Crippen molar-refractivity contribution in [2.24, 2.45) is 0 Å². The van der Waals surface area contributed by atoms with Crippen LogP contribution in [0, 0.1) is 11.3 Å². The Hall–Kier alpha value is -2.54. The van der Waals surface area contributed by atoms with Crippen LogP contribution in [-0.4, -0.2) is 12.0 Å². The van der Waals surface area contributed by atoms with Crippen LogP contribution >= 0.6 is 0 Å². The van der Waals surface area contributed by atoms with E-state index in [9.17, 15) is 0 Å². The van der Waals surface area contributed by atoms with Crippen molar-refractivity contribution in [1.82, 2.24) is 4.98 Å². The Morgan fingerprint density at radius 3 is 2.35 bits per heavy atom. The summed E-state index contributed by atoms with van der Waals surface area (Å²) >= 11 is 0. The summed E-state index contributed by atoms with van der Waals surface area (Å²) in [4.78, 5) is 3.93. The van der Waals surface area contributed by atoms with Crippen LogP contribution in [0.1, 0.15) is 5.69 Å². The van der Waals surface area contributed by atoms with Crippen molar-refractivity contribution in [2.45, 2.75) is 0 Å². The van der Waals surface area contributed by atoms with Crippen molar-refractivity contribution < 1.29 is 4.74 Å². The Bertz CT molecular complexity index is 526. The minimum atomic E-state index is 0.378. The van der Waals surface area contributed by atoms with Crippen molar-refractivity contribution >= 4 is 5.69 Å². The molecule has 2 rings (SSSR count). The number of anilines is 1. The molecular formula is C13H11N3O. The first-order valence-corrected chi connectivity index (χ1v) is 5.13. The number of ether oxygens (including phenoxy) is 1. The highest BCUT2D eigenvalue weighted by Crippen LogP contribution is 2.22. The van der Waals surface area contributed by atoms with Crippen LogP contribution in [-0.2, 0) is 0 Å². The highest BCUT2D eigenvalue weighted by atomic mass is 16.5. The van der Waals surface area contributed by atoms with Crippen molar-refractivity contribution in [3.05, 3.63) is 48.3 Å². The van der Waals surface area contributed by atoms with Crippen LogP contribution in [0.5, 0.6) is 11.5 Å². The molecule has 0 saturated heterocycles. The minimum Gasteiger partial charge on any atom is -0.456 e. The maximum absolute atomic E-state index is 8.62. The first kappa shape index (κ1) is 11.0. The molecule has 1 aromatic heterocycles. The number of aromatic nitrogens is 1. The number of nitrogens with zero attached hydrogens (tertiary/aromatic N) is 2. The zero-order chi connectivity index (χ0) is 12.1. The number of nitrogens with one attached hydrogen (secondary N) is 1. The van der Waals surface area contributed by atoms with E-state index in [0.717, 1.165) is 11.4 Å². The van der Waals surface area contributed by atoms with Gasteiger partial charge in [-0.05, 0) is 36.4 Å². The first-order chi connectivity index (χ1) is 8.31. The number of rotatable bonds is 3. The zero-order valence-electron chi connectivity index (χ0n) is 9.34. The highest BCUT2D eigenvalue weighted by molar-refractivity contribution is 5.46. The van der Waals surface area contributed by atoms with Gasteiger partial charge >= 0.3 is 0 Å². The van der Waals surface area contributed by atoms with Crippen molar-refractivity contribution in [3.8, 4) is 17.6 Å². The van der Waals surface area contributed by atoms with E-state index in [1.165, 1.54) is 6.20 Å². The molecule has 0 fully saturated rings. The lowest BCUT2D eigenvalue weighted by Gasteiger charge is -2.06. The molecule has 2 aromatic rings. The van der Waals surface area contributed by atoms with Gasteiger partial charge in [0.15, 0.2) is 0 Å². The van der Waals surface area contributed by atoms with Gasteiger partial charge in [0, 0.05) is 12.7 Å². The van der Waals surface area contributed by atoms with Gasteiger partial charge in [0.1, 0.15) is 23.3 Å². The van der Waals surface area contributed by atoms with E-state index in [2.05, 4.69) is 10.3 Å². The smallest absolute Gasteiger partial charge is 0.145 e. The lowest BCUT2D eigenvalue weighted by atomic mass is 10.3. The Labute approximate surface area is 99.5 Å². The normalized spacial score (nSPS) is 9.41. The number of benzene rings is 1. The second-order valence-corrected chi connectivity index (χ2v) is 3.37. The van der Waals surface area contributed by atoms with E-state index in [4.69, 9.17) is 10.00 Å². The Morgan fingerprint density at radius 1 is 1.12 bits per heavy atom. The average Bonchev–Trinajstić information content (AvgIpc) is 2.40. The first-order valence-electron chi connectivity index (χ1n) is 5.13. The van der Waals surface area contributed by atoms with Gasteiger partial charge in [-0.2, -0.15) is 5.26 Å². The third-order valence-corrected chi connectivity index (χ3v) is 2.23. The number of hydrogen-bond donors (Lipinski definition) is 1. The van der Waals surface area contributed by atoms with Crippen LogP contribution < -0.4 is 10.1 Å². The van der Waals surface area contributed by atoms with E-state index in [1.54, 1.807) is 12.1 Å². The molecule has 84 valence electrons. The molecule has 1 aromatic carbocycles. The summed E-state index contributed by atoms with van der Waals surface area (Å²) in [5, 5.41) is 11.6. The van der Waals surface area contributed by atoms with Crippen molar-refractivity contribution in [1.29, 1.82) is 5.26 Å². The lowest BCUT2D eigenvalue weighted by Crippen LogP contribution is -1.89. The molecule has 0 aliphatic heterocycles. The summed E-state index contributed by atoms with van der Waals surface area (Å²) in [7, 11) is 1.86. The Morgan fingerprint density at radius 2 is 1.82 bits per heavy atom. The fraction of sp³-hybridized carbons (Fsp3) is 0.0769. The third kappa shape index (κ3) is 2.73. The van der Waals surface area contributed by atoms with Crippen LogP contribution in [0.25, 0.3) is 0 Å². The fourth-order valence-corrected chi connectivity index (χ4v) is 1.33. The molecular weight excluding hydrogens is 214 g/mol. The maximum atomic E-state index is 8.62. The van der Waals surface area contributed by atoms with Gasteiger partial charge in [-0.25, -0.2) is 4.98 Å². The molecule has 1 heterocycles. The summed E-state index contributed by atoms with van der Waals surface area (Å²) in [5.74, 6) is 1.34. The van der Waals surface area contributed by atoms with Crippen LogP contribution in [0.3, 0.4) is 0 Å². The quantitative estimate of drug-likeness (QED) is 0.872. The van der Waals surface area contributed by atoms with Crippen LogP contribution in [0.15, 0.2) is 42.6 Å².